The molecule has 3 aromatic rings. The van der Waals surface area contributed by atoms with E-state index in [-0.39, 0.29) is 17.2 Å². The molecule has 1 aliphatic rings. The zero-order valence-corrected chi connectivity index (χ0v) is 16.2. The Bertz CT molecular complexity index is 1060. The van der Waals surface area contributed by atoms with Crippen LogP contribution in [0.1, 0.15) is 49.3 Å². The number of H-pyrrole nitrogens is 1. The first-order chi connectivity index (χ1) is 13.6. The molecule has 0 amide bonds. The summed E-state index contributed by atoms with van der Waals surface area (Å²) in [6.07, 6.45) is 7.18. The van der Waals surface area contributed by atoms with Gasteiger partial charge in [-0.25, -0.2) is 4.68 Å². The molecule has 0 saturated heterocycles. The SMILES string of the molecule is O=c1c(C=Nc2ccccc2O)c(C2CCCCC2)[nH]n1-c1ccccc1Cl. The minimum absolute atomic E-state index is 0.0833. The molecule has 0 bridgehead atoms. The van der Waals surface area contributed by atoms with E-state index in [1.165, 1.54) is 11.1 Å². The molecule has 4 rings (SSSR count). The molecule has 1 fully saturated rings. The van der Waals surface area contributed by atoms with Gasteiger partial charge < -0.3 is 5.11 Å². The van der Waals surface area contributed by atoms with Crippen LogP contribution >= 0.6 is 11.6 Å². The summed E-state index contributed by atoms with van der Waals surface area (Å²) in [5.74, 6) is 0.371. The Morgan fingerprint density at radius 2 is 1.79 bits per heavy atom. The number of aromatic amines is 1. The van der Waals surface area contributed by atoms with E-state index in [0.717, 1.165) is 31.4 Å². The van der Waals surface area contributed by atoms with Crippen molar-refractivity contribution in [1.29, 1.82) is 0 Å². The van der Waals surface area contributed by atoms with Crippen molar-refractivity contribution in [3.8, 4) is 11.4 Å². The van der Waals surface area contributed by atoms with Crippen molar-refractivity contribution in [2.45, 2.75) is 38.0 Å². The van der Waals surface area contributed by atoms with Crippen molar-refractivity contribution >= 4 is 23.5 Å². The van der Waals surface area contributed by atoms with E-state index in [1.807, 2.05) is 18.2 Å². The van der Waals surface area contributed by atoms with Crippen LogP contribution in [-0.4, -0.2) is 21.1 Å². The summed E-state index contributed by atoms with van der Waals surface area (Å²) in [7, 11) is 0. The Kier molecular flexibility index (Phi) is 5.35. The van der Waals surface area contributed by atoms with E-state index in [0.29, 0.717) is 22.0 Å². The Morgan fingerprint density at radius 3 is 2.54 bits per heavy atom. The number of halogens is 1. The fourth-order valence-corrected chi connectivity index (χ4v) is 4.02. The van der Waals surface area contributed by atoms with E-state index < -0.39 is 0 Å². The summed E-state index contributed by atoms with van der Waals surface area (Å²) in [6.45, 7) is 0. The predicted octanol–water partition coefficient (Wildman–Crippen LogP) is 5.32. The third-order valence-corrected chi connectivity index (χ3v) is 5.60. The number of hydrogen-bond acceptors (Lipinski definition) is 3. The zero-order valence-electron chi connectivity index (χ0n) is 15.4. The quantitative estimate of drug-likeness (QED) is 0.586. The number of rotatable bonds is 4. The van der Waals surface area contributed by atoms with Crippen molar-refractivity contribution in [2.75, 3.05) is 0 Å². The second kappa shape index (κ2) is 8.07. The molecule has 28 heavy (non-hydrogen) atoms. The van der Waals surface area contributed by atoms with Gasteiger partial charge in [0.05, 0.1) is 16.3 Å². The lowest BCUT2D eigenvalue weighted by atomic mass is 9.86. The lowest BCUT2D eigenvalue weighted by Crippen LogP contribution is -2.17. The molecule has 1 aromatic heterocycles. The van der Waals surface area contributed by atoms with Gasteiger partial charge in [-0.15, -0.1) is 0 Å². The standard InChI is InChI=1S/C22H22ClN3O2/c23-17-10-4-6-12-19(17)26-22(28)16(14-24-18-11-5-7-13-20(18)27)21(25-26)15-8-2-1-3-9-15/h4-7,10-15,25,27H,1-3,8-9H2. The maximum atomic E-state index is 13.2. The van der Waals surface area contributed by atoms with E-state index >= 15 is 0 Å². The summed E-state index contributed by atoms with van der Waals surface area (Å²) in [6, 6.07) is 14.1. The molecule has 0 aliphatic heterocycles. The average molecular weight is 396 g/mol. The topological polar surface area (TPSA) is 70.4 Å². The van der Waals surface area contributed by atoms with Gasteiger partial charge in [-0.1, -0.05) is 55.1 Å². The van der Waals surface area contributed by atoms with Crippen LogP contribution in [0.5, 0.6) is 5.75 Å². The number of aromatic hydroxyl groups is 1. The molecular formula is C22H22ClN3O2. The van der Waals surface area contributed by atoms with Crippen LogP contribution in [0.3, 0.4) is 0 Å². The van der Waals surface area contributed by atoms with Crippen LogP contribution in [0.25, 0.3) is 5.69 Å². The highest BCUT2D eigenvalue weighted by molar-refractivity contribution is 6.32. The predicted molar refractivity (Wildman–Crippen MR) is 113 cm³/mol. The number of phenolic OH excluding ortho intramolecular Hbond substituents is 1. The molecule has 144 valence electrons. The van der Waals surface area contributed by atoms with Crippen molar-refractivity contribution in [2.24, 2.45) is 4.99 Å². The highest BCUT2D eigenvalue weighted by Gasteiger charge is 2.24. The summed E-state index contributed by atoms with van der Waals surface area (Å²) in [5.41, 5.74) is 2.28. The maximum Gasteiger partial charge on any atom is 0.280 e. The largest absolute Gasteiger partial charge is 0.506 e. The van der Waals surface area contributed by atoms with Gasteiger partial charge in [-0.05, 0) is 37.1 Å². The van der Waals surface area contributed by atoms with Gasteiger partial charge >= 0.3 is 0 Å². The number of hydrogen-bond donors (Lipinski definition) is 2. The molecule has 1 aliphatic carbocycles. The molecule has 0 radical (unpaired) electrons. The van der Waals surface area contributed by atoms with Crippen LogP contribution < -0.4 is 5.56 Å². The van der Waals surface area contributed by atoms with Gasteiger partial charge in [0.1, 0.15) is 11.4 Å². The third-order valence-electron chi connectivity index (χ3n) is 5.28. The number of aliphatic imine (C=N–C) groups is 1. The van der Waals surface area contributed by atoms with E-state index in [2.05, 4.69) is 10.1 Å². The molecule has 1 saturated carbocycles. The highest BCUT2D eigenvalue weighted by Crippen LogP contribution is 2.33. The zero-order chi connectivity index (χ0) is 19.5. The van der Waals surface area contributed by atoms with Gasteiger partial charge in [-0.2, -0.15) is 0 Å². The molecule has 0 spiro atoms. The van der Waals surface area contributed by atoms with Crippen molar-refractivity contribution in [3.05, 3.63) is 75.2 Å². The smallest absolute Gasteiger partial charge is 0.280 e. The minimum atomic E-state index is -0.187. The monoisotopic (exact) mass is 395 g/mol. The van der Waals surface area contributed by atoms with Crippen LogP contribution in [0.4, 0.5) is 5.69 Å². The van der Waals surface area contributed by atoms with Crippen LogP contribution in [-0.2, 0) is 0 Å². The van der Waals surface area contributed by atoms with Gasteiger partial charge in [0.2, 0.25) is 0 Å². The first-order valence-corrected chi connectivity index (χ1v) is 9.95. The second-order valence-corrected chi connectivity index (χ2v) is 7.52. The maximum absolute atomic E-state index is 13.2. The number of phenols is 1. The van der Waals surface area contributed by atoms with Gasteiger partial charge in [-0.3, -0.25) is 14.9 Å². The van der Waals surface area contributed by atoms with Gasteiger partial charge in [0.15, 0.2) is 0 Å². The Hall–Kier alpha value is -2.79. The van der Waals surface area contributed by atoms with Crippen LogP contribution in [0.15, 0.2) is 58.3 Å². The van der Waals surface area contributed by atoms with E-state index in [9.17, 15) is 9.90 Å². The number of nitrogens with zero attached hydrogens (tertiary/aromatic N) is 2. The Balaban J connectivity index is 1.82. The molecular weight excluding hydrogens is 374 g/mol. The first kappa shape index (κ1) is 18.6. The molecule has 2 N–H and O–H groups in total. The average Bonchev–Trinajstić information content (AvgIpc) is 3.05. The second-order valence-electron chi connectivity index (χ2n) is 7.11. The summed E-state index contributed by atoms with van der Waals surface area (Å²) in [4.78, 5) is 17.6. The summed E-state index contributed by atoms with van der Waals surface area (Å²) >= 11 is 6.33. The molecule has 2 aromatic carbocycles. The molecule has 0 atom stereocenters. The van der Waals surface area contributed by atoms with Crippen molar-refractivity contribution < 1.29 is 5.11 Å². The third kappa shape index (κ3) is 3.62. The molecule has 0 unspecified atom stereocenters. The Morgan fingerprint density at radius 1 is 1.07 bits per heavy atom. The normalized spacial score (nSPS) is 15.3. The van der Waals surface area contributed by atoms with E-state index in [4.69, 9.17) is 11.6 Å². The van der Waals surface area contributed by atoms with Crippen molar-refractivity contribution in [1.82, 2.24) is 9.78 Å². The number of para-hydroxylation sites is 3. The van der Waals surface area contributed by atoms with Crippen molar-refractivity contribution in [3.63, 3.8) is 0 Å². The van der Waals surface area contributed by atoms with Gasteiger partial charge in [0, 0.05) is 17.8 Å². The van der Waals surface area contributed by atoms with Gasteiger partial charge in [0.25, 0.3) is 5.56 Å². The molecule has 1 heterocycles. The number of nitrogens with one attached hydrogen (secondary N) is 1. The lowest BCUT2D eigenvalue weighted by molar-refractivity contribution is 0.434. The highest BCUT2D eigenvalue weighted by atomic mass is 35.5. The fourth-order valence-electron chi connectivity index (χ4n) is 3.80. The fraction of sp³-hybridized carbons (Fsp3) is 0.273. The number of benzene rings is 2. The Labute approximate surface area is 168 Å². The molecule has 5 nitrogen and oxygen atoms in total. The minimum Gasteiger partial charge on any atom is -0.506 e. The molecule has 6 heteroatoms. The number of aromatic nitrogens is 2. The van der Waals surface area contributed by atoms with E-state index in [1.54, 1.807) is 36.5 Å². The van der Waals surface area contributed by atoms with Crippen LogP contribution in [0.2, 0.25) is 5.02 Å². The summed E-state index contributed by atoms with van der Waals surface area (Å²) < 4.78 is 1.50. The first-order valence-electron chi connectivity index (χ1n) is 9.57. The van der Waals surface area contributed by atoms with Crippen LogP contribution in [0, 0.1) is 0 Å². The lowest BCUT2D eigenvalue weighted by Gasteiger charge is -2.20. The summed E-state index contributed by atoms with van der Waals surface area (Å²) in [5, 5.41) is 13.8.